The van der Waals surface area contributed by atoms with Crippen molar-refractivity contribution in [2.75, 3.05) is 38.6 Å². The first-order chi connectivity index (χ1) is 9.15. The summed E-state index contributed by atoms with van der Waals surface area (Å²) in [5, 5.41) is 4.63. The molecule has 1 aromatic heterocycles. The van der Waals surface area contributed by atoms with E-state index in [9.17, 15) is 0 Å². The first-order valence-corrected chi connectivity index (χ1v) is 8.08. The van der Waals surface area contributed by atoms with Crippen molar-refractivity contribution in [2.24, 2.45) is 0 Å². The minimum atomic E-state index is 0.672. The third-order valence-electron chi connectivity index (χ3n) is 3.80. The van der Waals surface area contributed by atoms with Gasteiger partial charge in [0.15, 0.2) is 5.13 Å². The third kappa shape index (κ3) is 3.46. The normalized spacial score (nSPS) is 19.6. The summed E-state index contributed by atoms with van der Waals surface area (Å²) in [7, 11) is 4.34. The number of likely N-dealkylation sites (N-methyl/N-ethyl adjacent to an activating group) is 1. The van der Waals surface area contributed by atoms with E-state index in [-0.39, 0.29) is 0 Å². The minimum absolute atomic E-state index is 0.672. The SMILES string of the molecule is CCNCc1sc(N2CCC(N(C)C)C2)nc1CC. The summed E-state index contributed by atoms with van der Waals surface area (Å²) in [5.74, 6) is 0. The molecule has 0 aromatic carbocycles. The Bertz CT molecular complexity index is 402. The van der Waals surface area contributed by atoms with Gasteiger partial charge in [-0.15, -0.1) is 11.3 Å². The summed E-state index contributed by atoms with van der Waals surface area (Å²) < 4.78 is 0. The summed E-state index contributed by atoms with van der Waals surface area (Å²) in [6, 6.07) is 0.672. The van der Waals surface area contributed by atoms with E-state index in [1.807, 2.05) is 11.3 Å². The van der Waals surface area contributed by atoms with E-state index in [4.69, 9.17) is 4.98 Å². The quantitative estimate of drug-likeness (QED) is 0.864. The fourth-order valence-electron chi connectivity index (χ4n) is 2.49. The molecule has 0 bridgehead atoms. The highest BCUT2D eigenvalue weighted by Crippen LogP contribution is 2.30. The highest BCUT2D eigenvalue weighted by Gasteiger charge is 2.26. The van der Waals surface area contributed by atoms with E-state index in [1.54, 1.807) is 0 Å². The molecule has 1 fully saturated rings. The van der Waals surface area contributed by atoms with Gasteiger partial charge in [0.1, 0.15) is 0 Å². The van der Waals surface area contributed by atoms with Crippen LogP contribution in [0.1, 0.15) is 30.8 Å². The van der Waals surface area contributed by atoms with Crippen LogP contribution in [0.2, 0.25) is 0 Å². The molecule has 0 aliphatic carbocycles. The highest BCUT2D eigenvalue weighted by atomic mass is 32.1. The van der Waals surface area contributed by atoms with E-state index in [0.29, 0.717) is 6.04 Å². The van der Waals surface area contributed by atoms with Crippen molar-refractivity contribution in [1.82, 2.24) is 15.2 Å². The molecule has 4 nitrogen and oxygen atoms in total. The molecule has 1 saturated heterocycles. The van der Waals surface area contributed by atoms with Gasteiger partial charge in [-0.25, -0.2) is 4.98 Å². The molecule has 0 amide bonds. The van der Waals surface area contributed by atoms with Crippen LogP contribution < -0.4 is 10.2 Å². The second kappa shape index (κ2) is 6.68. The zero-order valence-electron chi connectivity index (χ0n) is 12.6. The summed E-state index contributed by atoms with van der Waals surface area (Å²) in [6.45, 7) is 8.58. The van der Waals surface area contributed by atoms with Crippen molar-refractivity contribution >= 4 is 16.5 Å². The standard InChI is InChI=1S/C14H26N4S/c1-5-12-13(9-15-6-2)19-14(16-12)18-8-7-11(10-18)17(3)4/h11,15H,5-10H2,1-4H3. The van der Waals surface area contributed by atoms with Gasteiger partial charge in [0.05, 0.1) is 5.69 Å². The Hall–Kier alpha value is -0.650. The van der Waals surface area contributed by atoms with E-state index >= 15 is 0 Å². The first kappa shape index (κ1) is 14.8. The number of rotatable bonds is 6. The van der Waals surface area contributed by atoms with Gasteiger partial charge in [0.2, 0.25) is 0 Å². The molecule has 1 aliphatic heterocycles. The van der Waals surface area contributed by atoms with Gasteiger partial charge >= 0.3 is 0 Å². The minimum Gasteiger partial charge on any atom is -0.346 e. The second-order valence-electron chi connectivity index (χ2n) is 5.35. The summed E-state index contributed by atoms with van der Waals surface area (Å²) in [6.07, 6.45) is 2.28. The van der Waals surface area contributed by atoms with Gasteiger partial charge in [0.25, 0.3) is 0 Å². The van der Waals surface area contributed by atoms with E-state index < -0.39 is 0 Å². The lowest BCUT2D eigenvalue weighted by atomic mass is 10.2. The van der Waals surface area contributed by atoms with Crippen LogP contribution in [0.3, 0.4) is 0 Å². The number of hydrogen-bond acceptors (Lipinski definition) is 5. The fourth-order valence-corrected chi connectivity index (χ4v) is 3.65. The maximum absolute atomic E-state index is 4.84. The molecular weight excluding hydrogens is 256 g/mol. The van der Waals surface area contributed by atoms with Crippen LogP contribution >= 0.6 is 11.3 Å². The average Bonchev–Trinajstić information content (AvgIpc) is 3.02. The monoisotopic (exact) mass is 282 g/mol. The Morgan fingerprint density at radius 2 is 2.21 bits per heavy atom. The number of nitrogens with zero attached hydrogens (tertiary/aromatic N) is 3. The predicted octanol–water partition coefficient (Wildman–Crippen LogP) is 1.96. The topological polar surface area (TPSA) is 31.4 Å². The van der Waals surface area contributed by atoms with Crippen LogP contribution in [0, 0.1) is 0 Å². The van der Waals surface area contributed by atoms with E-state index in [1.165, 1.54) is 22.1 Å². The molecule has 0 radical (unpaired) electrons. The smallest absolute Gasteiger partial charge is 0.185 e. The largest absolute Gasteiger partial charge is 0.346 e. The van der Waals surface area contributed by atoms with Crippen molar-refractivity contribution in [1.29, 1.82) is 0 Å². The zero-order valence-corrected chi connectivity index (χ0v) is 13.4. The Labute approximate surface area is 120 Å². The number of hydrogen-bond donors (Lipinski definition) is 1. The van der Waals surface area contributed by atoms with Crippen molar-refractivity contribution in [3.8, 4) is 0 Å². The van der Waals surface area contributed by atoms with Crippen LogP contribution in [-0.2, 0) is 13.0 Å². The lowest BCUT2D eigenvalue weighted by Crippen LogP contribution is -2.31. The molecule has 5 heteroatoms. The molecule has 2 heterocycles. The molecule has 1 unspecified atom stereocenters. The van der Waals surface area contributed by atoms with E-state index in [2.05, 4.69) is 43.1 Å². The Morgan fingerprint density at radius 1 is 1.42 bits per heavy atom. The van der Waals surface area contributed by atoms with Crippen molar-refractivity contribution in [3.05, 3.63) is 10.6 Å². The van der Waals surface area contributed by atoms with Gasteiger partial charge < -0.3 is 15.1 Å². The van der Waals surface area contributed by atoms with Gasteiger partial charge in [0, 0.05) is 30.6 Å². The molecular formula is C14H26N4S. The number of anilines is 1. The van der Waals surface area contributed by atoms with Crippen LogP contribution in [0.5, 0.6) is 0 Å². The van der Waals surface area contributed by atoms with Crippen LogP contribution in [0.15, 0.2) is 0 Å². The lowest BCUT2D eigenvalue weighted by Gasteiger charge is -2.19. The molecule has 1 aromatic rings. The molecule has 0 saturated carbocycles. The van der Waals surface area contributed by atoms with Gasteiger partial charge in [-0.3, -0.25) is 0 Å². The average molecular weight is 282 g/mol. The van der Waals surface area contributed by atoms with E-state index in [0.717, 1.165) is 32.6 Å². The summed E-state index contributed by atoms with van der Waals surface area (Å²) in [4.78, 5) is 11.0. The predicted molar refractivity (Wildman–Crippen MR) is 83.2 cm³/mol. The maximum Gasteiger partial charge on any atom is 0.185 e. The summed E-state index contributed by atoms with van der Waals surface area (Å²) in [5.41, 5.74) is 1.27. The molecule has 108 valence electrons. The zero-order chi connectivity index (χ0) is 13.8. The summed E-state index contributed by atoms with van der Waals surface area (Å²) >= 11 is 1.87. The molecule has 1 aliphatic rings. The van der Waals surface area contributed by atoms with Crippen molar-refractivity contribution < 1.29 is 0 Å². The van der Waals surface area contributed by atoms with Crippen molar-refractivity contribution in [3.63, 3.8) is 0 Å². The number of aromatic nitrogens is 1. The Morgan fingerprint density at radius 3 is 2.79 bits per heavy atom. The van der Waals surface area contributed by atoms with Crippen LogP contribution in [0.25, 0.3) is 0 Å². The number of nitrogens with one attached hydrogen (secondary N) is 1. The Balaban J connectivity index is 2.06. The van der Waals surface area contributed by atoms with Gasteiger partial charge in [-0.05, 0) is 33.5 Å². The molecule has 2 rings (SSSR count). The number of thiazole rings is 1. The molecule has 0 spiro atoms. The maximum atomic E-state index is 4.84. The van der Waals surface area contributed by atoms with Crippen LogP contribution in [-0.4, -0.2) is 49.7 Å². The van der Waals surface area contributed by atoms with Crippen molar-refractivity contribution in [2.45, 2.75) is 39.3 Å². The molecule has 1 atom stereocenters. The molecule has 19 heavy (non-hydrogen) atoms. The first-order valence-electron chi connectivity index (χ1n) is 7.26. The fraction of sp³-hybridized carbons (Fsp3) is 0.786. The van der Waals surface area contributed by atoms with Gasteiger partial charge in [-0.2, -0.15) is 0 Å². The van der Waals surface area contributed by atoms with Gasteiger partial charge in [-0.1, -0.05) is 13.8 Å². The highest BCUT2D eigenvalue weighted by molar-refractivity contribution is 7.15. The second-order valence-corrected chi connectivity index (χ2v) is 6.41. The van der Waals surface area contributed by atoms with Crippen LogP contribution in [0.4, 0.5) is 5.13 Å². The lowest BCUT2D eigenvalue weighted by molar-refractivity contribution is 0.315. The Kier molecular flexibility index (Phi) is 5.19. The third-order valence-corrected chi connectivity index (χ3v) is 4.96. The molecule has 1 N–H and O–H groups in total. The number of aryl methyl sites for hydroxylation is 1.